The molecule has 0 radical (unpaired) electrons. The maximum absolute atomic E-state index is 10.7. The minimum absolute atomic E-state index is 0.247. The van der Waals surface area contributed by atoms with Gasteiger partial charge in [0.05, 0.1) is 52.7 Å². The molecule has 7 nitrogen and oxygen atoms in total. The van der Waals surface area contributed by atoms with Crippen molar-refractivity contribution in [3.63, 3.8) is 0 Å². The van der Waals surface area contributed by atoms with Gasteiger partial charge >= 0.3 is 0 Å². The second-order valence-electron chi connectivity index (χ2n) is 3.41. The van der Waals surface area contributed by atoms with Gasteiger partial charge in [-0.3, -0.25) is 10.2 Å². The molecule has 0 rings (SSSR count). The predicted octanol–water partition coefficient (Wildman–Crippen LogP) is -0.934. The normalized spacial score (nSPS) is 10.1. The number of carbonyl (C=O) groups excluding carboxylic acids is 1. The molecule has 1 amide bonds. The van der Waals surface area contributed by atoms with E-state index in [4.69, 9.17) is 31.2 Å². The first kappa shape index (κ1) is 17.8. The molecule has 0 aromatic heterocycles. The zero-order valence-electron chi connectivity index (χ0n) is 11.1. The summed E-state index contributed by atoms with van der Waals surface area (Å²) in [7, 11) is 0. The van der Waals surface area contributed by atoms with Gasteiger partial charge in [0.2, 0.25) is 5.91 Å². The number of nitrogens with two attached hydrogens (primary N) is 1. The van der Waals surface area contributed by atoms with Crippen LogP contribution in [0.4, 0.5) is 0 Å². The Bertz CT molecular complexity index is 255. The summed E-state index contributed by atoms with van der Waals surface area (Å²) in [5.41, 5.74) is 2.02. The summed E-state index contributed by atoms with van der Waals surface area (Å²) in [6.45, 7) is 3.49. The Morgan fingerprint density at radius 3 is 1.89 bits per heavy atom. The Labute approximate surface area is 113 Å². The molecule has 0 aromatic rings. The van der Waals surface area contributed by atoms with Crippen LogP contribution in [0, 0.1) is 12.3 Å². The average Bonchev–Trinajstić information content (AvgIpc) is 2.43. The van der Waals surface area contributed by atoms with Gasteiger partial charge in [-0.1, -0.05) is 5.92 Å². The van der Waals surface area contributed by atoms with E-state index in [1.807, 2.05) is 5.43 Å². The first-order valence-corrected chi connectivity index (χ1v) is 6.05. The number of hydrazine groups is 1. The van der Waals surface area contributed by atoms with E-state index in [-0.39, 0.29) is 12.3 Å². The lowest BCUT2D eigenvalue weighted by atomic mass is 10.4. The average molecular weight is 274 g/mol. The SMILES string of the molecule is C#CCOCCOCCOCCOCCC(=O)NN. The maximum atomic E-state index is 10.7. The van der Waals surface area contributed by atoms with Crippen molar-refractivity contribution in [3.8, 4) is 12.3 Å². The second kappa shape index (κ2) is 14.9. The number of hydrogen-bond donors (Lipinski definition) is 2. The third-order valence-corrected chi connectivity index (χ3v) is 1.94. The van der Waals surface area contributed by atoms with Crippen molar-refractivity contribution in [1.29, 1.82) is 0 Å². The quantitative estimate of drug-likeness (QED) is 0.148. The lowest BCUT2D eigenvalue weighted by Crippen LogP contribution is -2.30. The van der Waals surface area contributed by atoms with Gasteiger partial charge in [0.1, 0.15) is 6.61 Å². The van der Waals surface area contributed by atoms with Crippen molar-refractivity contribution >= 4 is 5.91 Å². The van der Waals surface area contributed by atoms with Gasteiger partial charge in [0, 0.05) is 0 Å². The van der Waals surface area contributed by atoms with E-state index in [1.54, 1.807) is 0 Å². The van der Waals surface area contributed by atoms with Crippen molar-refractivity contribution < 1.29 is 23.7 Å². The smallest absolute Gasteiger partial charge is 0.236 e. The number of nitrogens with one attached hydrogen (secondary N) is 1. The van der Waals surface area contributed by atoms with Gasteiger partial charge in [-0.25, -0.2) is 5.84 Å². The molecule has 3 N–H and O–H groups in total. The molecule has 0 heterocycles. The van der Waals surface area contributed by atoms with Crippen LogP contribution in [0.15, 0.2) is 0 Å². The molecule has 0 aliphatic carbocycles. The standard InChI is InChI=1S/C12H22N2O5/c1-2-4-16-6-8-18-10-11-19-9-7-17-5-3-12(15)14-13/h1H,3-11,13H2,(H,14,15). The van der Waals surface area contributed by atoms with Crippen molar-refractivity contribution in [2.24, 2.45) is 5.84 Å². The van der Waals surface area contributed by atoms with Crippen LogP contribution in [0.2, 0.25) is 0 Å². The number of ether oxygens (including phenoxy) is 4. The van der Waals surface area contributed by atoms with Gasteiger partial charge in [-0.15, -0.1) is 6.42 Å². The molecule has 0 saturated heterocycles. The number of terminal acetylenes is 1. The molecule has 7 heteroatoms. The molecule has 0 unspecified atom stereocenters. The molecule has 0 spiro atoms. The van der Waals surface area contributed by atoms with Crippen LogP contribution in [0.5, 0.6) is 0 Å². The molecular weight excluding hydrogens is 252 g/mol. The van der Waals surface area contributed by atoms with E-state index in [0.717, 1.165) is 0 Å². The summed E-state index contributed by atoms with van der Waals surface area (Å²) >= 11 is 0. The first-order chi connectivity index (χ1) is 9.31. The largest absolute Gasteiger partial charge is 0.379 e. The third kappa shape index (κ3) is 14.8. The van der Waals surface area contributed by atoms with Gasteiger partial charge in [-0.05, 0) is 0 Å². The van der Waals surface area contributed by atoms with Crippen molar-refractivity contribution in [2.45, 2.75) is 6.42 Å². The highest BCUT2D eigenvalue weighted by Crippen LogP contribution is 1.85. The van der Waals surface area contributed by atoms with Crippen molar-refractivity contribution in [3.05, 3.63) is 0 Å². The molecular formula is C12H22N2O5. The third-order valence-electron chi connectivity index (χ3n) is 1.94. The molecule has 0 saturated carbocycles. The topological polar surface area (TPSA) is 92.0 Å². The van der Waals surface area contributed by atoms with E-state index in [0.29, 0.717) is 52.9 Å². The summed E-state index contributed by atoms with van der Waals surface area (Å²) in [4.78, 5) is 10.7. The molecule has 0 fully saturated rings. The van der Waals surface area contributed by atoms with Gasteiger partial charge < -0.3 is 18.9 Å². The molecule has 0 aliphatic rings. The lowest BCUT2D eigenvalue weighted by Gasteiger charge is -2.06. The molecule has 0 aromatic carbocycles. The molecule has 19 heavy (non-hydrogen) atoms. The van der Waals surface area contributed by atoms with Crippen molar-refractivity contribution in [2.75, 3.05) is 52.9 Å². The van der Waals surface area contributed by atoms with Crippen LogP contribution < -0.4 is 11.3 Å². The van der Waals surface area contributed by atoms with E-state index >= 15 is 0 Å². The minimum Gasteiger partial charge on any atom is -0.379 e. The van der Waals surface area contributed by atoms with E-state index in [1.165, 1.54) is 0 Å². The zero-order chi connectivity index (χ0) is 14.2. The highest BCUT2D eigenvalue weighted by atomic mass is 16.6. The van der Waals surface area contributed by atoms with Gasteiger partial charge in [0.25, 0.3) is 0 Å². The predicted molar refractivity (Wildman–Crippen MR) is 69.1 cm³/mol. The molecule has 0 aliphatic heterocycles. The van der Waals surface area contributed by atoms with Crippen LogP contribution in [0.25, 0.3) is 0 Å². The molecule has 0 atom stereocenters. The summed E-state index contributed by atoms with van der Waals surface area (Å²) < 4.78 is 20.7. The van der Waals surface area contributed by atoms with E-state index in [9.17, 15) is 4.79 Å². The summed E-state index contributed by atoms with van der Waals surface area (Å²) in [5.74, 6) is 7.02. The van der Waals surface area contributed by atoms with Crippen LogP contribution in [0.3, 0.4) is 0 Å². The van der Waals surface area contributed by atoms with Gasteiger partial charge in [0.15, 0.2) is 0 Å². The Balaban J connectivity index is 2.99. The Kier molecular flexibility index (Phi) is 14.0. The van der Waals surface area contributed by atoms with Crippen LogP contribution in [0.1, 0.15) is 6.42 Å². The number of amides is 1. The highest BCUT2D eigenvalue weighted by molar-refractivity contribution is 5.75. The Hall–Kier alpha value is -1.17. The van der Waals surface area contributed by atoms with E-state index in [2.05, 4.69) is 5.92 Å². The zero-order valence-corrected chi connectivity index (χ0v) is 11.1. The lowest BCUT2D eigenvalue weighted by molar-refractivity contribution is -0.122. The maximum Gasteiger partial charge on any atom is 0.236 e. The second-order valence-corrected chi connectivity index (χ2v) is 3.41. The van der Waals surface area contributed by atoms with E-state index < -0.39 is 0 Å². The monoisotopic (exact) mass is 274 g/mol. The fourth-order valence-corrected chi connectivity index (χ4v) is 1.03. The molecule has 0 bridgehead atoms. The Morgan fingerprint density at radius 2 is 1.42 bits per heavy atom. The Morgan fingerprint density at radius 1 is 0.947 bits per heavy atom. The van der Waals surface area contributed by atoms with Crippen molar-refractivity contribution in [1.82, 2.24) is 5.43 Å². The number of carbonyl (C=O) groups is 1. The van der Waals surface area contributed by atoms with Crippen LogP contribution in [-0.2, 0) is 23.7 Å². The fourth-order valence-electron chi connectivity index (χ4n) is 1.03. The van der Waals surface area contributed by atoms with Crippen LogP contribution in [-0.4, -0.2) is 58.8 Å². The van der Waals surface area contributed by atoms with Crippen LogP contribution >= 0.6 is 0 Å². The summed E-state index contributed by atoms with van der Waals surface area (Å²) in [6, 6.07) is 0. The number of hydrogen-bond acceptors (Lipinski definition) is 6. The minimum atomic E-state index is -0.249. The summed E-state index contributed by atoms with van der Waals surface area (Å²) in [6.07, 6.45) is 5.25. The summed E-state index contributed by atoms with van der Waals surface area (Å²) in [5, 5.41) is 0. The fraction of sp³-hybridized carbons (Fsp3) is 0.750. The van der Waals surface area contributed by atoms with Gasteiger partial charge in [-0.2, -0.15) is 0 Å². The number of rotatable bonds is 13. The highest BCUT2D eigenvalue weighted by Gasteiger charge is 1.97. The molecule has 110 valence electrons. The first-order valence-electron chi connectivity index (χ1n) is 6.05.